The van der Waals surface area contributed by atoms with E-state index >= 15 is 0 Å². The van der Waals surface area contributed by atoms with Gasteiger partial charge in [-0.3, -0.25) is 4.99 Å². The minimum atomic E-state index is 0.562. The summed E-state index contributed by atoms with van der Waals surface area (Å²) in [5.74, 6) is 1.64. The van der Waals surface area contributed by atoms with Gasteiger partial charge < -0.3 is 24.8 Å². The summed E-state index contributed by atoms with van der Waals surface area (Å²) in [6.45, 7) is 3.44. The van der Waals surface area contributed by atoms with Crippen molar-refractivity contribution in [3.05, 3.63) is 29.8 Å². The summed E-state index contributed by atoms with van der Waals surface area (Å²) in [4.78, 5) is 4.18. The van der Waals surface area contributed by atoms with Gasteiger partial charge in [-0.15, -0.1) is 0 Å². The average molecular weight is 309 g/mol. The van der Waals surface area contributed by atoms with Gasteiger partial charge in [0.1, 0.15) is 12.4 Å². The lowest BCUT2D eigenvalue weighted by molar-refractivity contribution is 0.146. The molecule has 0 heterocycles. The van der Waals surface area contributed by atoms with Gasteiger partial charge in [-0.25, -0.2) is 0 Å². The van der Waals surface area contributed by atoms with Crippen LogP contribution in [0.15, 0.2) is 29.3 Å². The van der Waals surface area contributed by atoms with Crippen molar-refractivity contribution < 1.29 is 14.2 Å². The largest absolute Gasteiger partial charge is 0.491 e. The lowest BCUT2D eigenvalue weighted by atomic mass is 10.2. The quantitative estimate of drug-likeness (QED) is 0.389. The van der Waals surface area contributed by atoms with E-state index in [9.17, 15) is 0 Å². The molecule has 22 heavy (non-hydrogen) atoms. The van der Waals surface area contributed by atoms with Gasteiger partial charge >= 0.3 is 0 Å². The van der Waals surface area contributed by atoms with Crippen LogP contribution in [0.2, 0.25) is 0 Å². The first-order valence-electron chi connectivity index (χ1n) is 7.44. The number of nitrogens with one attached hydrogen (secondary N) is 2. The van der Waals surface area contributed by atoms with Gasteiger partial charge in [0.2, 0.25) is 0 Å². The van der Waals surface area contributed by atoms with E-state index in [1.807, 2.05) is 24.3 Å². The molecule has 124 valence electrons. The Morgan fingerprint density at radius 3 is 2.36 bits per heavy atom. The van der Waals surface area contributed by atoms with Gasteiger partial charge in [0.05, 0.1) is 6.61 Å². The normalized spacial score (nSPS) is 11.3. The molecule has 0 aromatic heterocycles. The van der Waals surface area contributed by atoms with E-state index in [0.717, 1.165) is 31.3 Å². The smallest absolute Gasteiger partial charge is 0.191 e. The van der Waals surface area contributed by atoms with Crippen LogP contribution >= 0.6 is 0 Å². The second kappa shape index (κ2) is 11.8. The van der Waals surface area contributed by atoms with Gasteiger partial charge in [-0.1, -0.05) is 12.1 Å². The van der Waals surface area contributed by atoms with Gasteiger partial charge in [0.25, 0.3) is 0 Å². The lowest BCUT2D eigenvalue weighted by Gasteiger charge is -2.12. The summed E-state index contributed by atoms with van der Waals surface area (Å²) in [5, 5.41) is 6.51. The highest BCUT2D eigenvalue weighted by Crippen LogP contribution is 2.11. The topological polar surface area (TPSA) is 64.1 Å². The number of benzene rings is 1. The van der Waals surface area contributed by atoms with E-state index in [1.54, 1.807) is 21.3 Å². The van der Waals surface area contributed by atoms with E-state index in [4.69, 9.17) is 14.2 Å². The van der Waals surface area contributed by atoms with Gasteiger partial charge in [-0.05, 0) is 24.1 Å². The molecule has 0 radical (unpaired) electrons. The van der Waals surface area contributed by atoms with Crippen LogP contribution in [0.5, 0.6) is 5.75 Å². The molecular formula is C16H27N3O3. The molecule has 1 aromatic carbocycles. The van der Waals surface area contributed by atoms with E-state index in [0.29, 0.717) is 19.8 Å². The fraction of sp³-hybridized carbons (Fsp3) is 0.562. The van der Waals surface area contributed by atoms with Crippen molar-refractivity contribution in [3.63, 3.8) is 0 Å². The number of methoxy groups -OCH3 is 2. The fourth-order valence-electron chi connectivity index (χ4n) is 1.78. The third-order valence-electron chi connectivity index (χ3n) is 2.98. The van der Waals surface area contributed by atoms with Crippen molar-refractivity contribution in [2.24, 2.45) is 4.99 Å². The Hall–Kier alpha value is -1.79. The molecule has 0 spiro atoms. The summed E-state index contributed by atoms with van der Waals surface area (Å²) in [5.41, 5.74) is 1.17. The molecule has 0 aliphatic heterocycles. The molecule has 1 aromatic rings. The molecule has 0 atom stereocenters. The number of guanidine groups is 1. The second-order valence-corrected chi connectivity index (χ2v) is 4.68. The lowest BCUT2D eigenvalue weighted by Crippen LogP contribution is -2.37. The first kappa shape index (κ1) is 18.3. The Morgan fingerprint density at radius 1 is 1.00 bits per heavy atom. The average Bonchev–Trinajstić information content (AvgIpc) is 2.56. The maximum Gasteiger partial charge on any atom is 0.191 e. The Balaban J connectivity index is 2.30. The van der Waals surface area contributed by atoms with Crippen LogP contribution in [-0.4, -0.2) is 53.6 Å². The molecule has 6 heteroatoms. The van der Waals surface area contributed by atoms with Crippen LogP contribution in [0, 0.1) is 0 Å². The maximum absolute atomic E-state index is 5.53. The van der Waals surface area contributed by atoms with Crippen molar-refractivity contribution in [3.8, 4) is 5.75 Å². The first-order valence-corrected chi connectivity index (χ1v) is 7.44. The Morgan fingerprint density at radius 2 is 1.73 bits per heavy atom. The van der Waals surface area contributed by atoms with Crippen LogP contribution in [0.3, 0.4) is 0 Å². The Kier molecular flexibility index (Phi) is 9.81. The second-order valence-electron chi connectivity index (χ2n) is 4.68. The molecule has 0 amide bonds. The minimum absolute atomic E-state index is 0.562. The van der Waals surface area contributed by atoms with E-state index in [-0.39, 0.29) is 0 Å². The number of nitrogens with zero attached hydrogens (tertiary/aromatic N) is 1. The zero-order valence-corrected chi connectivity index (χ0v) is 13.7. The summed E-state index contributed by atoms with van der Waals surface area (Å²) < 4.78 is 15.5. The SMILES string of the molecule is CN=C(NCCCOC)NCc1ccc(OCCOC)cc1. The molecule has 0 aliphatic rings. The Labute approximate surface area is 132 Å². The predicted octanol–water partition coefficient (Wildman–Crippen LogP) is 1.41. The maximum atomic E-state index is 5.53. The molecule has 0 saturated carbocycles. The molecule has 0 saturated heterocycles. The predicted molar refractivity (Wildman–Crippen MR) is 88.5 cm³/mol. The molecule has 0 unspecified atom stereocenters. The molecule has 1 rings (SSSR count). The van der Waals surface area contributed by atoms with E-state index in [2.05, 4.69) is 15.6 Å². The van der Waals surface area contributed by atoms with Crippen LogP contribution in [0.1, 0.15) is 12.0 Å². The number of hydrogen-bond donors (Lipinski definition) is 2. The van der Waals surface area contributed by atoms with Crippen LogP contribution in [0.25, 0.3) is 0 Å². The highest BCUT2D eigenvalue weighted by molar-refractivity contribution is 5.79. The molecule has 0 bridgehead atoms. The zero-order valence-electron chi connectivity index (χ0n) is 13.7. The summed E-state index contributed by atoms with van der Waals surface area (Å²) in [7, 11) is 5.13. The Bertz CT molecular complexity index is 421. The highest BCUT2D eigenvalue weighted by Gasteiger charge is 1.99. The molecule has 0 fully saturated rings. The standard InChI is InChI=1S/C16H27N3O3/c1-17-16(18-9-4-10-20-2)19-13-14-5-7-15(8-6-14)22-12-11-21-3/h5-8H,4,9-13H2,1-3H3,(H2,17,18,19). The molecule has 2 N–H and O–H groups in total. The highest BCUT2D eigenvalue weighted by atomic mass is 16.5. The molecular weight excluding hydrogens is 282 g/mol. The van der Waals surface area contributed by atoms with Gasteiger partial charge in [0, 0.05) is 41.0 Å². The number of ether oxygens (including phenoxy) is 3. The van der Waals surface area contributed by atoms with E-state index < -0.39 is 0 Å². The van der Waals surface area contributed by atoms with Crippen molar-refractivity contribution in [2.45, 2.75) is 13.0 Å². The first-order chi connectivity index (χ1) is 10.8. The van der Waals surface area contributed by atoms with Gasteiger partial charge in [-0.2, -0.15) is 0 Å². The van der Waals surface area contributed by atoms with Crippen molar-refractivity contribution in [1.82, 2.24) is 10.6 Å². The number of hydrogen-bond acceptors (Lipinski definition) is 4. The third-order valence-corrected chi connectivity index (χ3v) is 2.98. The fourth-order valence-corrected chi connectivity index (χ4v) is 1.78. The van der Waals surface area contributed by atoms with Crippen molar-refractivity contribution in [2.75, 3.05) is 47.6 Å². The van der Waals surface area contributed by atoms with Crippen molar-refractivity contribution in [1.29, 1.82) is 0 Å². The number of aliphatic imine (C=N–C) groups is 1. The minimum Gasteiger partial charge on any atom is -0.491 e. The van der Waals surface area contributed by atoms with Crippen LogP contribution in [-0.2, 0) is 16.0 Å². The molecule has 6 nitrogen and oxygen atoms in total. The zero-order chi connectivity index (χ0) is 16.0. The monoisotopic (exact) mass is 309 g/mol. The van der Waals surface area contributed by atoms with E-state index in [1.165, 1.54) is 5.56 Å². The van der Waals surface area contributed by atoms with Crippen LogP contribution in [0.4, 0.5) is 0 Å². The summed E-state index contributed by atoms with van der Waals surface area (Å²) in [6, 6.07) is 7.99. The third kappa shape index (κ3) is 7.85. The van der Waals surface area contributed by atoms with Crippen molar-refractivity contribution >= 4 is 5.96 Å². The summed E-state index contributed by atoms with van der Waals surface area (Å²) >= 11 is 0. The van der Waals surface area contributed by atoms with Gasteiger partial charge in [0.15, 0.2) is 5.96 Å². The van der Waals surface area contributed by atoms with Crippen LogP contribution < -0.4 is 15.4 Å². The number of rotatable bonds is 10. The molecule has 0 aliphatic carbocycles. The summed E-state index contributed by atoms with van der Waals surface area (Å²) in [6.07, 6.45) is 0.949.